The lowest BCUT2D eigenvalue weighted by molar-refractivity contribution is -0.143. The number of amides is 8. The van der Waals surface area contributed by atoms with Gasteiger partial charge in [-0.15, -0.1) is 0 Å². The molecule has 0 fully saturated rings. The molecule has 0 heterocycles. The molecule has 384 valence electrons. The largest absolute Gasteiger partial charge is 0.481 e. The van der Waals surface area contributed by atoms with Crippen LogP contribution in [-0.2, 0) is 57.5 Å². The van der Waals surface area contributed by atoms with Crippen molar-refractivity contribution in [1.82, 2.24) is 37.2 Å². The van der Waals surface area contributed by atoms with Crippen LogP contribution in [0.5, 0.6) is 0 Å². The third kappa shape index (κ3) is 25.8. The van der Waals surface area contributed by atoms with E-state index in [2.05, 4.69) is 42.2 Å². The van der Waals surface area contributed by atoms with Gasteiger partial charge in [-0.3, -0.25) is 57.7 Å². The minimum absolute atomic E-state index is 0.0111. The first-order chi connectivity index (χ1) is 31.7. The number of hydrogen-bond acceptors (Lipinski definition) is 15. The summed E-state index contributed by atoms with van der Waals surface area (Å²) in [6, 6.07) is -12.1. The Morgan fingerprint density at radius 1 is 0.500 bits per heavy atom. The number of nitrogens with one attached hydrogen (secondary N) is 7. The van der Waals surface area contributed by atoms with E-state index in [1.54, 1.807) is 20.1 Å². The molecule has 0 aliphatic rings. The van der Waals surface area contributed by atoms with Gasteiger partial charge in [0.1, 0.15) is 42.3 Å². The van der Waals surface area contributed by atoms with E-state index in [0.29, 0.717) is 5.75 Å². The van der Waals surface area contributed by atoms with E-state index < -0.39 is 164 Å². The van der Waals surface area contributed by atoms with E-state index in [9.17, 15) is 78.0 Å². The van der Waals surface area contributed by atoms with Crippen molar-refractivity contribution in [2.45, 2.75) is 140 Å². The molecule has 0 unspecified atom stereocenters. The van der Waals surface area contributed by atoms with Crippen molar-refractivity contribution in [3.63, 3.8) is 0 Å². The van der Waals surface area contributed by atoms with Gasteiger partial charge in [-0.1, -0.05) is 13.8 Å². The summed E-state index contributed by atoms with van der Waals surface area (Å²) in [4.78, 5) is 155. The monoisotopic (exact) mass is 990 g/mol. The van der Waals surface area contributed by atoms with Gasteiger partial charge in [0.2, 0.25) is 47.3 Å². The van der Waals surface area contributed by atoms with Crippen LogP contribution in [0, 0.1) is 5.92 Å². The number of carbonyl (C=O) groups excluding carboxylic acids is 8. The number of guanidine groups is 1. The number of carboxylic acid groups (broad SMARTS) is 4. The van der Waals surface area contributed by atoms with Crippen LogP contribution in [0.15, 0.2) is 4.99 Å². The molecule has 0 saturated carbocycles. The molecule has 0 aromatic carbocycles. The van der Waals surface area contributed by atoms with Gasteiger partial charge < -0.3 is 80.6 Å². The third-order valence-electron chi connectivity index (χ3n) is 9.68. The van der Waals surface area contributed by atoms with Crippen molar-refractivity contribution in [3.05, 3.63) is 0 Å². The number of nitrogens with zero attached hydrogens (tertiary/aromatic N) is 1. The van der Waals surface area contributed by atoms with E-state index in [1.807, 2.05) is 0 Å². The number of aliphatic imine (C=N–C) groups is 1. The molecule has 8 amide bonds. The standard InChI is InChI=1S/C39H66N12O16S/c1-18(2)30(37(65)50-25(38(66)67)6-5-16-44-39(42)43)51-31(59)19(3)45-33(61)21(8-12-27(53)54)47-34(62)22(9-13-28(55)56)48-35(63)23(10-14-29(57)58)49-36(64)24(15-17-68-4)46-32(60)20(40)7-11-26(41)52/h18-25,30H,5-17,40H2,1-4H3,(H2,41,52)(H,45,61)(H,46,60)(H,47,62)(H,48,63)(H,49,64)(H,50,65)(H,51,59)(H,53,54)(H,55,56)(H,57,58)(H,66,67)(H4,42,43,44)/t19-,20-,21-,22-,23-,24-,25-,30-/m0/s1. The quantitative estimate of drug-likeness (QED) is 0.0161. The van der Waals surface area contributed by atoms with Gasteiger partial charge in [0.15, 0.2) is 5.96 Å². The SMILES string of the molecule is CSCC[C@H](NC(=O)[C@@H](N)CCC(N)=O)C(=O)N[C@@H](CCC(=O)O)C(=O)N[C@@H](CCC(=O)O)C(=O)N[C@@H](CCC(=O)O)C(=O)N[C@@H](C)C(=O)N[C@H](C(=O)N[C@@H](CCCN=C(N)N)C(=O)O)C(C)C. The molecule has 0 aromatic rings. The maximum atomic E-state index is 13.7. The fourth-order valence-electron chi connectivity index (χ4n) is 5.85. The highest BCUT2D eigenvalue weighted by molar-refractivity contribution is 7.98. The van der Waals surface area contributed by atoms with Crippen LogP contribution in [0.4, 0.5) is 0 Å². The van der Waals surface area contributed by atoms with Crippen LogP contribution >= 0.6 is 11.8 Å². The molecule has 68 heavy (non-hydrogen) atoms. The normalized spacial score (nSPS) is 14.4. The number of aliphatic carboxylic acids is 4. The van der Waals surface area contributed by atoms with Crippen molar-refractivity contribution >= 4 is 88.9 Å². The van der Waals surface area contributed by atoms with Crippen molar-refractivity contribution in [2.24, 2.45) is 33.8 Å². The molecule has 28 nitrogen and oxygen atoms in total. The highest BCUT2D eigenvalue weighted by Crippen LogP contribution is 2.10. The Morgan fingerprint density at radius 3 is 1.29 bits per heavy atom. The Labute approximate surface area is 395 Å². The molecule has 19 N–H and O–H groups in total. The zero-order valence-corrected chi connectivity index (χ0v) is 39.1. The van der Waals surface area contributed by atoms with Crippen molar-refractivity contribution in [2.75, 3.05) is 18.6 Å². The molecule has 29 heteroatoms. The van der Waals surface area contributed by atoms with Gasteiger partial charge in [-0.2, -0.15) is 11.8 Å². The number of thioether (sulfide) groups is 1. The Balaban J connectivity index is 6.39. The van der Waals surface area contributed by atoms with Gasteiger partial charge in [-0.05, 0) is 69.8 Å². The van der Waals surface area contributed by atoms with Gasteiger partial charge in [0, 0.05) is 32.2 Å². The molecule has 0 radical (unpaired) electrons. The summed E-state index contributed by atoms with van der Waals surface area (Å²) in [5, 5.41) is 54.1. The molecule has 0 bridgehead atoms. The van der Waals surface area contributed by atoms with Crippen molar-refractivity contribution < 1.29 is 78.0 Å². The van der Waals surface area contributed by atoms with Crippen molar-refractivity contribution in [1.29, 1.82) is 0 Å². The van der Waals surface area contributed by atoms with E-state index in [1.165, 1.54) is 18.7 Å². The van der Waals surface area contributed by atoms with Crippen LogP contribution in [0.25, 0.3) is 0 Å². The highest BCUT2D eigenvalue weighted by atomic mass is 32.2. The topological polar surface area (TPSA) is 486 Å². The Hall–Kier alpha value is -6.78. The van der Waals surface area contributed by atoms with E-state index >= 15 is 0 Å². The molecular weight excluding hydrogens is 925 g/mol. The molecular formula is C39H66N12O16S. The molecule has 0 aliphatic carbocycles. The fraction of sp³-hybridized carbons (Fsp3) is 0.667. The minimum atomic E-state index is -1.81. The van der Waals surface area contributed by atoms with Crippen LogP contribution in [0.3, 0.4) is 0 Å². The van der Waals surface area contributed by atoms with Gasteiger partial charge in [-0.25, -0.2) is 4.79 Å². The number of hydrogen-bond donors (Lipinski definition) is 15. The van der Waals surface area contributed by atoms with E-state index in [4.69, 9.17) is 22.9 Å². The number of primary amides is 1. The lowest BCUT2D eigenvalue weighted by atomic mass is 10.0. The summed E-state index contributed by atoms with van der Waals surface area (Å²) >= 11 is 1.29. The van der Waals surface area contributed by atoms with Gasteiger partial charge >= 0.3 is 23.9 Å². The van der Waals surface area contributed by atoms with E-state index in [-0.39, 0.29) is 44.6 Å². The van der Waals surface area contributed by atoms with Crippen molar-refractivity contribution in [3.8, 4) is 0 Å². The molecule has 0 spiro atoms. The lowest BCUT2D eigenvalue weighted by Gasteiger charge is -2.27. The lowest BCUT2D eigenvalue weighted by Crippen LogP contribution is -2.60. The van der Waals surface area contributed by atoms with Crippen LogP contribution in [0.2, 0.25) is 0 Å². The first kappa shape index (κ1) is 61.2. The predicted octanol–water partition coefficient (Wildman–Crippen LogP) is -4.87. The first-order valence-corrected chi connectivity index (χ1v) is 22.7. The molecule has 0 aromatic heterocycles. The number of carbonyl (C=O) groups is 12. The summed E-state index contributed by atoms with van der Waals surface area (Å²) in [6.07, 6.45) is -2.64. The summed E-state index contributed by atoms with van der Waals surface area (Å²) < 4.78 is 0. The zero-order chi connectivity index (χ0) is 52.3. The molecule has 0 aliphatic heterocycles. The maximum absolute atomic E-state index is 13.7. The summed E-state index contributed by atoms with van der Waals surface area (Å²) in [7, 11) is 0. The second-order valence-electron chi connectivity index (χ2n) is 15.7. The van der Waals surface area contributed by atoms with Crippen LogP contribution in [0.1, 0.15) is 91.4 Å². The second-order valence-corrected chi connectivity index (χ2v) is 16.7. The third-order valence-corrected chi connectivity index (χ3v) is 10.3. The molecule has 0 saturated heterocycles. The first-order valence-electron chi connectivity index (χ1n) is 21.3. The fourth-order valence-corrected chi connectivity index (χ4v) is 6.33. The summed E-state index contributed by atoms with van der Waals surface area (Å²) in [6.45, 7) is 4.34. The number of nitrogens with two attached hydrogens (primary N) is 4. The van der Waals surface area contributed by atoms with E-state index in [0.717, 1.165) is 0 Å². The molecule has 8 atom stereocenters. The van der Waals surface area contributed by atoms with Crippen LogP contribution < -0.4 is 60.2 Å². The Bertz CT molecular complexity index is 1830. The molecule has 0 rings (SSSR count). The zero-order valence-electron chi connectivity index (χ0n) is 38.2. The smallest absolute Gasteiger partial charge is 0.326 e. The van der Waals surface area contributed by atoms with Gasteiger partial charge in [0.05, 0.1) is 6.04 Å². The Kier molecular flexibility index (Phi) is 28.8. The number of carboxylic acids is 4. The average molecular weight is 991 g/mol. The predicted molar refractivity (Wildman–Crippen MR) is 242 cm³/mol. The Morgan fingerprint density at radius 2 is 0.912 bits per heavy atom. The highest BCUT2D eigenvalue weighted by Gasteiger charge is 2.35. The van der Waals surface area contributed by atoms with Crippen LogP contribution in [-0.4, -0.2) is 164 Å². The second kappa shape index (κ2) is 32.0. The minimum Gasteiger partial charge on any atom is -0.481 e. The van der Waals surface area contributed by atoms with Gasteiger partial charge in [0.25, 0.3) is 0 Å². The summed E-state index contributed by atoms with van der Waals surface area (Å²) in [5.41, 5.74) is 21.5. The maximum Gasteiger partial charge on any atom is 0.326 e. The summed E-state index contributed by atoms with van der Waals surface area (Å²) in [5.74, 6) is -14.1. The average Bonchev–Trinajstić information content (AvgIpc) is 3.24. The number of rotatable bonds is 35.